The van der Waals surface area contributed by atoms with Crippen LogP contribution in [0.1, 0.15) is 10.4 Å². The highest BCUT2D eigenvalue weighted by Crippen LogP contribution is 2.20. The maximum atomic E-state index is 12.8. The summed E-state index contributed by atoms with van der Waals surface area (Å²) in [4.78, 5) is 24.5. The van der Waals surface area contributed by atoms with Crippen LogP contribution in [0.15, 0.2) is 77.7 Å². The molecule has 3 rings (SSSR count). The Morgan fingerprint density at radius 2 is 1.47 bits per heavy atom. The van der Waals surface area contributed by atoms with E-state index in [1.807, 2.05) is 0 Å². The van der Waals surface area contributed by atoms with Crippen molar-refractivity contribution in [3.63, 3.8) is 0 Å². The molecule has 166 valence electrons. The molecule has 0 aliphatic carbocycles. The first-order chi connectivity index (χ1) is 15.3. The smallest absolute Gasteiger partial charge is 0.257 e. The van der Waals surface area contributed by atoms with E-state index in [1.54, 1.807) is 30.3 Å². The highest BCUT2D eigenvalue weighted by molar-refractivity contribution is 7.89. The minimum atomic E-state index is -4.16. The van der Waals surface area contributed by atoms with Gasteiger partial charge in [0.25, 0.3) is 5.91 Å². The Hall–Kier alpha value is -3.89. The zero-order valence-corrected chi connectivity index (χ0v) is 17.8. The molecule has 4 N–H and O–H groups in total. The number of anilines is 2. The van der Waals surface area contributed by atoms with Crippen molar-refractivity contribution >= 4 is 33.2 Å². The number of ether oxygens (including phenoxy) is 1. The molecule has 0 aliphatic heterocycles. The van der Waals surface area contributed by atoms with Gasteiger partial charge in [0.1, 0.15) is 11.5 Å². The summed E-state index contributed by atoms with van der Waals surface area (Å²) < 4.78 is 32.8. The highest BCUT2D eigenvalue weighted by atomic mass is 32.2. The molecular formula is C22H21N3O6S. The molecule has 0 heterocycles. The van der Waals surface area contributed by atoms with Crippen LogP contribution in [0, 0.1) is 0 Å². The lowest BCUT2D eigenvalue weighted by molar-refractivity contribution is -0.115. The van der Waals surface area contributed by atoms with Crippen molar-refractivity contribution in [3.05, 3.63) is 78.4 Å². The normalized spacial score (nSPS) is 10.9. The quantitative estimate of drug-likeness (QED) is 0.386. The zero-order chi connectivity index (χ0) is 23.1. The average molecular weight is 455 g/mol. The number of methoxy groups -OCH3 is 1. The van der Waals surface area contributed by atoms with E-state index in [0.717, 1.165) is 0 Å². The minimum absolute atomic E-state index is 0.0354. The lowest BCUT2D eigenvalue weighted by atomic mass is 10.2. The number of rotatable bonds is 8. The van der Waals surface area contributed by atoms with Gasteiger partial charge in [0.05, 0.1) is 24.1 Å². The largest absolute Gasteiger partial charge is 0.508 e. The second-order valence-corrected chi connectivity index (χ2v) is 8.33. The van der Waals surface area contributed by atoms with Crippen LogP contribution in [-0.2, 0) is 14.8 Å². The van der Waals surface area contributed by atoms with Crippen molar-refractivity contribution in [1.29, 1.82) is 0 Å². The Morgan fingerprint density at radius 3 is 2.12 bits per heavy atom. The third kappa shape index (κ3) is 5.84. The summed E-state index contributed by atoms with van der Waals surface area (Å²) in [6.45, 7) is -0.544. The number of carbonyl (C=O) groups is 2. The van der Waals surface area contributed by atoms with E-state index >= 15 is 0 Å². The lowest BCUT2D eigenvalue weighted by Gasteiger charge is -2.12. The van der Waals surface area contributed by atoms with Crippen LogP contribution in [0.25, 0.3) is 0 Å². The predicted molar refractivity (Wildman–Crippen MR) is 119 cm³/mol. The third-order valence-corrected chi connectivity index (χ3v) is 5.80. The van der Waals surface area contributed by atoms with Gasteiger partial charge in [0.15, 0.2) is 0 Å². The second-order valence-electron chi connectivity index (χ2n) is 6.60. The Kier molecular flexibility index (Phi) is 7.08. The standard InChI is InChI=1S/C22H21N3O6S/c1-31-18-12-8-16(9-13-18)25-22(28)19-4-2-3-5-20(19)32(29,30)23-14-21(27)24-15-6-10-17(26)11-7-15/h2-13,23,26H,14H2,1H3,(H,24,27)(H,25,28). The summed E-state index contributed by atoms with van der Waals surface area (Å²) >= 11 is 0. The Labute approximate surface area is 185 Å². The molecule has 0 aliphatic rings. The van der Waals surface area contributed by atoms with Crippen LogP contribution in [-0.4, -0.2) is 39.0 Å². The van der Waals surface area contributed by atoms with Crippen LogP contribution in [0.5, 0.6) is 11.5 Å². The fraction of sp³-hybridized carbons (Fsp3) is 0.0909. The molecule has 3 aromatic carbocycles. The van der Waals surface area contributed by atoms with Gasteiger partial charge in [-0.1, -0.05) is 12.1 Å². The summed E-state index contributed by atoms with van der Waals surface area (Å²) in [6, 6.07) is 18.0. The molecule has 9 nitrogen and oxygen atoms in total. The highest BCUT2D eigenvalue weighted by Gasteiger charge is 2.23. The summed E-state index contributed by atoms with van der Waals surface area (Å²) in [5, 5.41) is 14.4. The monoisotopic (exact) mass is 455 g/mol. The van der Waals surface area contributed by atoms with Gasteiger partial charge < -0.3 is 20.5 Å². The molecule has 0 fully saturated rings. The molecule has 0 aromatic heterocycles. The van der Waals surface area contributed by atoms with Gasteiger partial charge in [-0.25, -0.2) is 13.1 Å². The van der Waals surface area contributed by atoms with Crippen molar-refractivity contribution in [2.75, 3.05) is 24.3 Å². The van der Waals surface area contributed by atoms with Crippen molar-refractivity contribution in [2.45, 2.75) is 4.90 Å². The van der Waals surface area contributed by atoms with Gasteiger partial charge in [-0.15, -0.1) is 0 Å². The van der Waals surface area contributed by atoms with Crippen molar-refractivity contribution in [3.8, 4) is 11.5 Å². The number of benzene rings is 3. The van der Waals surface area contributed by atoms with Crippen LogP contribution < -0.4 is 20.1 Å². The number of sulfonamides is 1. The number of nitrogens with one attached hydrogen (secondary N) is 3. The average Bonchev–Trinajstić information content (AvgIpc) is 2.80. The van der Waals surface area contributed by atoms with E-state index in [4.69, 9.17) is 4.74 Å². The first kappa shape index (κ1) is 22.8. The van der Waals surface area contributed by atoms with E-state index < -0.39 is 28.4 Å². The van der Waals surface area contributed by atoms with Crippen molar-refractivity contribution in [2.24, 2.45) is 0 Å². The van der Waals surface area contributed by atoms with Crippen LogP contribution in [0.2, 0.25) is 0 Å². The van der Waals surface area contributed by atoms with E-state index in [1.165, 1.54) is 49.6 Å². The summed E-state index contributed by atoms with van der Waals surface area (Å²) in [5.41, 5.74) is 0.783. The molecule has 2 amide bonds. The van der Waals surface area contributed by atoms with Crippen LogP contribution in [0.4, 0.5) is 11.4 Å². The number of hydrogen-bond donors (Lipinski definition) is 4. The fourth-order valence-electron chi connectivity index (χ4n) is 2.75. The molecular weight excluding hydrogens is 434 g/mol. The van der Waals surface area contributed by atoms with E-state index in [9.17, 15) is 23.1 Å². The van der Waals surface area contributed by atoms with E-state index in [-0.39, 0.29) is 16.2 Å². The SMILES string of the molecule is COc1ccc(NC(=O)c2ccccc2S(=O)(=O)NCC(=O)Nc2ccc(O)cc2)cc1. The first-order valence-electron chi connectivity index (χ1n) is 9.41. The molecule has 0 bridgehead atoms. The summed E-state index contributed by atoms with van der Waals surface area (Å²) in [7, 11) is -2.64. The fourth-order valence-corrected chi connectivity index (χ4v) is 3.93. The van der Waals surface area contributed by atoms with Gasteiger partial charge in [0.2, 0.25) is 15.9 Å². The molecule has 3 aromatic rings. The predicted octanol–water partition coefficient (Wildman–Crippen LogP) is 2.57. The van der Waals surface area contributed by atoms with E-state index in [0.29, 0.717) is 17.1 Å². The molecule has 32 heavy (non-hydrogen) atoms. The van der Waals surface area contributed by atoms with Crippen molar-refractivity contribution in [1.82, 2.24) is 4.72 Å². The Balaban J connectivity index is 1.70. The molecule has 0 spiro atoms. The number of phenolic OH excluding ortho intramolecular Hbond substituents is 1. The van der Waals surface area contributed by atoms with Crippen molar-refractivity contribution < 1.29 is 27.9 Å². The van der Waals surface area contributed by atoms with Crippen LogP contribution in [0.3, 0.4) is 0 Å². The topological polar surface area (TPSA) is 134 Å². The molecule has 10 heteroatoms. The lowest BCUT2D eigenvalue weighted by Crippen LogP contribution is -2.34. The van der Waals surface area contributed by atoms with Crippen LogP contribution >= 0.6 is 0 Å². The number of hydrogen-bond acceptors (Lipinski definition) is 6. The number of phenols is 1. The maximum absolute atomic E-state index is 12.8. The third-order valence-electron chi connectivity index (χ3n) is 4.34. The number of amides is 2. The van der Waals surface area contributed by atoms with Gasteiger partial charge in [-0.3, -0.25) is 9.59 Å². The van der Waals surface area contributed by atoms with Gasteiger partial charge >= 0.3 is 0 Å². The number of aromatic hydroxyl groups is 1. The zero-order valence-electron chi connectivity index (χ0n) is 17.0. The van der Waals surface area contributed by atoms with Gasteiger partial charge in [-0.05, 0) is 60.7 Å². The molecule has 0 saturated carbocycles. The second kappa shape index (κ2) is 9.94. The first-order valence-corrected chi connectivity index (χ1v) is 10.9. The number of carbonyl (C=O) groups excluding carboxylic acids is 2. The molecule has 0 radical (unpaired) electrons. The molecule has 0 unspecified atom stereocenters. The molecule has 0 atom stereocenters. The summed E-state index contributed by atoms with van der Waals surface area (Å²) in [6.07, 6.45) is 0. The van der Waals surface area contributed by atoms with Gasteiger partial charge in [0, 0.05) is 11.4 Å². The maximum Gasteiger partial charge on any atom is 0.257 e. The van der Waals surface area contributed by atoms with Gasteiger partial charge in [-0.2, -0.15) is 0 Å². The van der Waals surface area contributed by atoms with E-state index in [2.05, 4.69) is 15.4 Å². The summed E-state index contributed by atoms with van der Waals surface area (Å²) in [5.74, 6) is -0.585. The molecule has 0 saturated heterocycles. The minimum Gasteiger partial charge on any atom is -0.508 e. The Morgan fingerprint density at radius 1 is 0.875 bits per heavy atom. The Bertz CT molecular complexity index is 1210.